The van der Waals surface area contributed by atoms with Crippen LogP contribution in [-0.2, 0) is 6.42 Å². The number of rotatable bonds is 2. The number of hydrazine groups is 1. The molecule has 2 N–H and O–H groups in total. The van der Waals surface area contributed by atoms with E-state index in [9.17, 15) is 9.18 Å². The van der Waals surface area contributed by atoms with Gasteiger partial charge in [0.2, 0.25) is 0 Å². The highest BCUT2D eigenvalue weighted by Crippen LogP contribution is 2.29. The maximum atomic E-state index is 13.1. The Morgan fingerprint density at radius 3 is 3.11 bits per heavy atom. The summed E-state index contributed by atoms with van der Waals surface area (Å²) in [5, 5.41) is 1.23. The lowest BCUT2D eigenvalue weighted by molar-refractivity contribution is 0.103. The second kappa shape index (κ2) is 4.70. The van der Waals surface area contributed by atoms with E-state index < -0.39 is 0 Å². The number of ether oxygens (including phenoxy) is 1. The molecule has 0 radical (unpaired) electrons. The first-order valence-corrected chi connectivity index (χ1v) is 6.40. The van der Waals surface area contributed by atoms with E-state index in [2.05, 4.69) is 0 Å². The Morgan fingerprint density at radius 1 is 1.42 bits per heavy atom. The summed E-state index contributed by atoms with van der Waals surface area (Å²) in [7, 11) is 0. The van der Waals surface area contributed by atoms with E-state index >= 15 is 0 Å². The number of halogens is 1. The van der Waals surface area contributed by atoms with Crippen LogP contribution in [0.25, 0.3) is 0 Å². The van der Waals surface area contributed by atoms with Gasteiger partial charge < -0.3 is 9.64 Å². The van der Waals surface area contributed by atoms with Gasteiger partial charge in [0.1, 0.15) is 17.7 Å². The maximum absolute atomic E-state index is 13.1. The molecule has 0 spiro atoms. The van der Waals surface area contributed by atoms with E-state index in [1.54, 1.807) is 11.0 Å². The molecule has 0 aromatic heterocycles. The van der Waals surface area contributed by atoms with Gasteiger partial charge >= 0.3 is 6.03 Å². The number of nitrogens with two attached hydrogens (primary N) is 1. The van der Waals surface area contributed by atoms with E-state index in [1.165, 1.54) is 17.1 Å². The van der Waals surface area contributed by atoms with Gasteiger partial charge in [-0.1, -0.05) is 0 Å². The fraction of sp³-hybridized carbons (Fsp3) is 0.462. The Bertz CT molecular complexity index is 509. The summed E-state index contributed by atoms with van der Waals surface area (Å²) in [5.74, 6) is 6.05. The van der Waals surface area contributed by atoms with Crippen molar-refractivity contribution in [3.63, 3.8) is 0 Å². The molecule has 1 saturated heterocycles. The first-order chi connectivity index (χ1) is 9.13. The molecule has 0 bridgehead atoms. The van der Waals surface area contributed by atoms with Gasteiger partial charge in [0.05, 0.1) is 6.54 Å². The summed E-state index contributed by atoms with van der Waals surface area (Å²) in [5.41, 5.74) is 0.860. The van der Waals surface area contributed by atoms with Gasteiger partial charge in [0, 0.05) is 25.1 Å². The van der Waals surface area contributed by atoms with Crippen molar-refractivity contribution < 1.29 is 13.9 Å². The molecule has 1 aromatic rings. The number of benzene rings is 1. The predicted molar refractivity (Wildman–Crippen MR) is 67.0 cm³/mol. The van der Waals surface area contributed by atoms with Crippen LogP contribution in [0.5, 0.6) is 5.75 Å². The third-order valence-corrected chi connectivity index (χ3v) is 3.53. The number of hydrogen-bond acceptors (Lipinski definition) is 3. The molecule has 2 aliphatic heterocycles. The Labute approximate surface area is 110 Å². The summed E-state index contributed by atoms with van der Waals surface area (Å²) >= 11 is 0. The molecule has 2 amide bonds. The molecule has 1 unspecified atom stereocenters. The second-order valence-corrected chi connectivity index (χ2v) is 4.97. The molecule has 1 fully saturated rings. The lowest BCUT2D eigenvalue weighted by atomic mass is 10.1. The number of nitrogens with zero attached hydrogens (tertiary/aromatic N) is 2. The Kier molecular flexibility index (Phi) is 3.02. The summed E-state index contributed by atoms with van der Waals surface area (Å²) in [6.45, 7) is 1.77. The van der Waals surface area contributed by atoms with Crippen molar-refractivity contribution in [2.45, 2.75) is 18.9 Å². The fourth-order valence-electron chi connectivity index (χ4n) is 2.61. The number of hydrogen-bond donors (Lipinski definition) is 1. The molecule has 1 atom stereocenters. The van der Waals surface area contributed by atoms with Crippen molar-refractivity contribution >= 4 is 6.03 Å². The minimum absolute atomic E-state index is 0.118. The average Bonchev–Trinajstić information content (AvgIpc) is 2.76. The highest BCUT2D eigenvalue weighted by Gasteiger charge is 2.30. The molecule has 3 rings (SSSR count). The number of carbonyl (C=O) groups is 1. The number of carbonyl (C=O) groups excluding carboxylic acids is 1. The van der Waals surface area contributed by atoms with Crippen LogP contribution >= 0.6 is 0 Å². The number of urea groups is 1. The lowest BCUT2D eigenvalue weighted by Gasteiger charge is -2.33. The van der Waals surface area contributed by atoms with E-state index in [0.717, 1.165) is 12.0 Å². The van der Waals surface area contributed by atoms with Gasteiger partial charge in [-0.3, -0.25) is 5.01 Å². The van der Waals surface area contributed by atoms with Gasteiger partial charge in [-0.05, 0) is 24.6 Å². The van der Waals surface area contributed by atoms with Crippen molar-refractivity contribution in [2.75, 3.05) is 19.6 Å². The van der Waals surface area contributed by atoms with Crippen molar-refractivity contribution in [1.29, 1.82) is 0 Å². The molecule has 5 nitrogen and oxygen atoms in total. The summed E-state index contributed by atoms with van der Waals surface area (Å²) in [6, 6.07) is 4.34. The van der Waals surface area contributed by atoms with Crippen molar-refractivity contribution in [3.8, 4) is 5.75 Å². The quantitative estimate of drug-likeness (QED) is 0.644. The van der Waals surface area contributed by atoms with Crippen LogP contribution < -0.4 is 10.6 Å². The standard InChI is InChI=1S/C13H16FN3O2/c14-10-2-3-12-9(6-10)7-11(19-12)8-16-4-1-5-17(15)13(16)18/h2-3,6,11H,1,4-5,7-8,15H2. The monoisotopic (exact) mass is 265 g/mol. The van der Waals surface area contributed by atoms with Crippen molar-refractivity contribution in [2.24, 2.45) is 5.84 Å². The molecule has 102 valence electrons. The highest BCUT2D eigenvalue weighted by atomic mass is 19.1. The third-order valence-electron chi connectivity index (χ3n) is 3.53. The fourth-order valence-corrected chi connectivity index (χ4v) is 2.61. The minimum atomic E-state index is -0.259. The van der Waals surface area contributed by atoms with Crippen LogP contribution in [0.1, 0.15) is 12.0 Å². The number of amides is 2. The zero-order valence-electron chi connectivity index (χ0n) is 10.5. The maximum Gasteiger partial charge on any atom is 0.334 e. The molecule has 2 heterocycles. The normalized spacial score (nSPS) is 22.4. The highest BCUT2D eigenvalue weighted by molar-refractivity contribution is 5.74. The SMILES string of the molecule is NN1CCCN(CC2Cc3cc(F)ccc3O2)C1=O. The molecule has 0 saturated carbocycles. The van der Waals surface area contributed by atoms with Crippen molar-refractivity contribution in [3.05, 3.63) is 29.6 Å². The predicted octanol–water partition coefficient (Wildman–Crippen LogP) is 1.13. The van der Waals surface area contributed by atoms with Crippen molar-refractivity contribution in [1.82, 2.24) is 9.91 Å². The van der Waals surface area contributed by atoms with Gasteiger partial charge in [-0.25, -0.2) is 15.0 Å². The zero-order chi connectivity index (χ0) is 13.4. The topological polar surface area (TPSA) is 58.8 Å². The first-order valence-electron chi connectivity index (χ1n) is 6.40. The van der Waals surface area contributed by atoms with Crippen LogP contribution in [-0.4, -0.2) is 41.7 Å². The molecule has 19 heavy (non-hydrogen) atoms. The number of fused-ring (bicyclic) bond motifs is 1. The molecule has 1 aromatic carbocycles. The van der Waals surface area contributed by atoms with Crippen LogP contribution in [0.3, 0.4) is 0 Å². The van der Waals surface area contributed by atoms with Crippen LogP contribution in [0, 0.1) is 5.82 Å². The van der Waals surface area contributed by atoms with Crippen LogP contribution in [0.2, 0.25) is 0 Å². The largest absolute Gasteiger partial charge is 0.488 e. The van der Waals surface area contributed by atoms with Gasteiger partial charge in [-0.15, -0.1) is 0 Å². The molecular formula is C13H16FN3O2. The van der Waals surface area contributed by atoms with E-state index in [1.807, 2.05) is 0 Å². The molecular weight excluding hydrogens is 249 g/mol. The summed E-state index contributed by atoms with van der Waals surface area (Å²) in [4.78, 5) is 13.5. The second-order valence-electron chi connectivity index (χ2n) is 4.97. The molecule has 2 aliphatic rings. The summed E-state index contributed by atoms with van der Waals surface area (Å²) < 4.78 is 18.8. The Morgan fingerprint density at radius 2 is 2.26 bits per heavy atom. The van der Waals surface area contributed by atoms with E-state index in [-0.39, 0.29) is 18.0 Å². The van der Waals surface area contributed by atoms with E-state index in [0.29, 0.717) is 31.8 Å². The van der Waals surface area contributed by atoms with Gasteiger partial charge in [0.15, 0.2) is 0 Å². The molecule has 0 aliphatic carbocycles. The zero-order valence-corrected chi connectivity index (χ0v) is 10.5. The van der Waals surface area contributed by atoms with Gasteiger partial charge in [0.25, 0.3) is 0 Å². The first kappa shape index (κ1) is 12.2. The minimum Gasteiger partial charge on any atom is -0.488 e. The third kappa shape index (κ3) is 2.35. The average molecular weight is 265 g/mol. The van der Waals surface area contributed by atoms with E-state index in [4.69, 9.17) is 10.6 Å². The molecule has 6 heteroatoms. The lowest BCUT2D eigenvalue weighted by Crippen LogP contribution is -2.54. The smallest absolute Gasteiger partial charge is 0.334 e. The van der Waals surface area contributed by atoms with Gasteiger partial charge in [-0.2, -0.15) is 0 Å². The Hall–Kier alpha value is -1.82. The Balaban J connectivity index is 1.65. The van der Waals surface area contributed by atoms with Crippen LogP contribution in [0.4, 0.5) is 9.18 Å². The van der Waals surface area contributed by atoms with Crippen LogP contribution in [0.15, 0.2) is 18.2 Å². The summed E-state index contributed by atoms with van der Waals surface area (Å²) in [6.07, 6.45) is 1.37.